The van der Waals surface area contributed by atoms with E-state index in [2.05, 4.69) is 0 Å². The molecule has 0 amide bonds. The molecule has 3 nitrogen and oxygen atoms in total. The molecule has 0 N–H and O–H groups in total. The summed E-state index contributed by atoms with van der Waals surface area (Å²) in [6, 6.07) is 5.80. The van der Waals surface area contributed by atoms with Crippen LogP contribution < -0.4 is 4.74 Å². The molecule has 0 saturated heterocycles. The lowest BCUT2D eigenvalue weighted by Gasteiger charge is -2.08. The predicted molar refractivity (Wildman–Crippen MR) is 68.8 cm³/mol. The van der Waals surface area contributed by atoms with E-state index in [0.717, 1.165) is 28.2 Å². The highest BCUT2D eigenvalue weighted by molar-refractivity contribution is 7.99. The van der Waals surface area contributed by atoms with E-state index in [1.54, 1.807) is 18.7 Å². The second kappa shape index (κ2) is 7.12. The molecule has 1 aromatic carbocycles. The van der Waals surface area contributed by atoms with Gasteiger partial charge in [0.25, 0.3) is 0 Å². The Labute approximate surface area is 106 Å². The van der Waals surface area contributed by atoms with Crippen LogP contribution in [0.25, 0.3) is 0 Å². The first-order chi connectivity index (χ1) is 8.13. The highest BCUT2D eigenvalue weighted by atomic mass is 32.2. The Morgan fingerprint density at radius 2 is 2.24 bits per heavy atom. The molecule has 17 heavy (non-hydrogen) atoms. The molecule has 0 fully saturated rings. The van der Waals surface area contributed by atoms with Gasteiger partial charge in [0.05, 0.1) is 0 Å². The quantitative estimate of drug-likeness (QED) is 0.552. The first kappa shape index (κ1) is 13.8. The van der Waals surface area contributed by atoms with Gasteiger partial charge in [0.2, 0.25) is 0 Å². The fourth-order valence-corrected chi connectivity index (χ4v) is 2.36. The zero-order valence-corrected chi connectivity index (χ0v) is 10.9. The Morgan fingerprint density at radius 1 is 1.47 bits per heavy atom. The van der Waals surface area contributed by atoms with Crippen molar-refractivity contribution in [3.05, 3.63) is 23.8 Å². The summed E-state index contributed by atoms with van der Waals surface area (Å²) in [4.78, 5) is 22.1. The zero-order valence-electron chi connectivity index (χ0n) is 10.1. The summed E-state index contributed by atoms with van der Waals surface area (Å²) in [6.07, 6.45) is 1.32. The van der Waals surface area contributed by atoms with Crippen LogP contribution in [0, 0.1) is 6.92 Å². The van der Waals surface area contributed by atoms with Gasteiger partial charge in [-0.15, -0.1) is 11.8 Å². The first-order valence-electron chi connectivity index (χ1n) is 5.43. The van der Waals surface area contributed by atoms with Crippen molar-refractivity contribution in [2.24, 2.45) is 0 Å². The van der Waals surface area contributed by atoms with E-state index in [4.69, 9.17) is 4.74 Å². The van der Waals surface area contributed by atoms with Gasteiger partial charge in [-0.3, -0.25) is 9.59 Å². The molecule has 4 heteroatoms. The third-order valence-electron chi connectivity index (χ3n) is 2.18. The van der Waals surface area contributed by atoms with E-state index in [1.165, 1.54) is 0 Å². The molecule has 0 aromatic heterocycles. The molecule has 0 aliphatic rings. The van der Waals surface area contributed by atoms with Crippen molar-refractivity contribution in [1.82, 2.24) is 0 Å². The maximum atomic E-state index is 10.8. The number of thioether (sulfide) groups is 1. The molecule has 0 heterocycles. The van der Waals surface area contributed by atoms with E-state index in [0.29, 0.717) is 6.42 Å². The highest BCUT2D eigenvalue weighted by Gasteiger charge is 2.02. The summed E-state index contributed by atoms with van der Waals surface area (Å²) in [5, 5.41) is 0. The summed E-state index contributed by atoms with van der Waals surface area (Å²) < 4.78 is 5.25. The number of hydrogen-bond acceptors (Lipinski definition) is 4. The van der Waals surface area contributed by atoms with Gasteiger partial charge < -0.3 is 4.74 Å². The Bertz CT molecular complexity index is 402. The second-order valence-electron chi connectivity index (χ2n) is 3.71. The van der Waals surface area contributed by atoms with Gasteiger partial charge in [-0.1, -0.05) is 0 Å². The lowest BCUT2D eigenvalue weighted by Crippen LogP contribution is -1.99. The maximum absolute atomic E-state index is 10.8. The molecule has 0 saturated carbocycles. The van der Waals surface area contributed by atoms with Crippen LogP contribution in [0.3, 0.4) is 0 Å². The molecule has 1 rings (SSSR count). The largest absolute Gasteiger partial charge is 0.486 e. The van der Waals surface area contributed by atoms with Crippen LogP contribution in [-0.4, -0.2) is 24.4 Å². The van der Waals surface area contributed by atoms with Gasteiger partial charge in [0.1, 0.15) is 18.1 Å². The Morgan fingerprint density at radius 3 is 2.82 bits per heavy atom. The number of rotatable bonds is 7. The fraction of sp³-hybridized carbons (Fsp3) is 0.385. The van der Waals surface area contributed by atoms with Gasteiger partial charge >= 0.3 is 0 Å². The summed E-state index contributed by atoms with van der Waals surface area (Å²) >= 11 is 1.65. The van der Waals surface area contributed by atoms with Gasteiger partial charge in [-0.2, -0.15) is 0 Å². The molecule has 0 radical (unpaired) electrons. The lowest BCUT2D eigenvalue weighted by molar-refractivity contribution is -0.116. The lowest BCUT2D eigenvalue weighted by atomic mass is 10.2. The topological polar surface area (TPSA) is 43.4 Å². The first-order valence-corrected chi connectivity index (χ1v) is 6.41. The molecule has 0 unspecified atom stereocenters. The SMILES string of the molecule is CC(=O)CCSc1ccc(OCC=O)c(C)c1. The fourth-order valence-electron chi connectivity index (χ4n) is 1.31. The summed E-state index contributed by atoms with van der Waals surface area (Å²) in [5.41, 5.74) is 1.000. The van der Waals surface area contributed by atoms with E-state index in [-0.39, 0.29) is 12.4 Å². The van der Waals surface area contributed by atoms with Crippen molar-refractivity contribution in [3.8, 4) is 5.75 Å². The van der Waals surface area contributed by atoms with Crippen molar-refractivity contribution in [2.75, 3.05) is 12.4 Å². The van der Waals surface area contributed by atoms with Crippen LogP contribution in [0.2, 0.25) is 0 Å². The van der Waals surface area contributed by atoms with Gasteiger partial charge in [0, 0.05) is 17.1 Å². The summed E-state index contributed by atoms with van der Waals surface area (Å²) in [7, 11) is 0. The van der Waals surface area contributed by atoms with Gasteiger partial charge in [-0.05, 0) is 37.6 Å². The van der Waals surface area contributed by atoms with Crippen LogP contribution in [0.5, 0.6) is 5.75 Å². The highest BCUT2D eigenvalue weighted by Crippen LogP contribution is 2.25. The van der Waals surface area contributed by atoms with Crippen LogP contribution in [-0.2, 0) is 9.59 Å². The van der Waals surface area contributed by atoms with Crippen molar-refractivity contribution < 1.29 is 14.3 Å². The average Bonchev–Trinajstić information content (AvgIpc) is 2.27. The molecule has 0 aliphatic heterocycles. The van der Waals surface area contributed by atoms with E-state index >= 15 is 0 Å². The monoisotopic (exact) mass is 252 g/mol. The maximum Gasteiger partial charge on any atom is 0.157 e. The molecular formula is C13H16O3S. The third-order valence-corrected chi connectivity index (χ3v) is 3.17. The molecule has 92 valence electrons. The molecular weight excluding hydrogens is 236 g/mol. The molecule has 0 bridgehead atoms. The standard InChI is InChI=1S/C13H16O3S/c1-10-9-12(17-8-5-11(2)15)3-4-13(10)16-7-6-14/h3-4,6,9H,5,7-8H2,1-2H3. The number of aldehydes is 1. The van der Waals surface area contributed by atoms with E-state index < -0.39 is 0 Å². The van der Waals surface area contributed by atoms with Crippen molar-refractivity contribution in [1.29, 1.82) is 0 Å². The number of hydrogen-bond donors (Lipinski definition) is 0. The number of Topliss-reactive ketones (excluding diaryl/α,β-unsaturated/α-hetero) is 1. The van der Waals surface area contributed by atoms with Crippen LogP contribution in [0.4, 0.5) is 0 Å². The molecule has 0 atom stereocenters. The van der Waals surface area contributed by atoms with Crippen LogP contribution in [0.1, 0.15) is 18.9 Å². The normalized spacial score (nSPS) is 10.0. The predicted octanol–water partition coefficient (Wildman–Crippen LogP) is 2.64. The number of ether oxygens (including phenoxy) is 1. The average molecular weight is 252 g/mol. The minimum absolute atomic E-state index is 0.0810. The van der Waals surface area contributed by atoms with Crippen molar-refractivity contribution >= 4 is 23.8 Å². The minimum atomic E-state index is 0.0810. The van der Waals surface area contributed by atoms with Gasteiger partial charge in [-0.25, -0.2) is 0 Å². The number of aryl methyl sites for hydroxylation is 1. The third kappa shape index (κ3) is 5.04. The number of benzene rings is 1. The van der Waals surface area contributed by atoms with Crippen LogP contribution in [0.15, 0.2) is 23.1 Å². The van der Waals surface area contributed by atoms with E-state index in [9.17, 15) is 9.59 Å². The van der Waals surface area contributed by atoms with Crippen LogP contribution >= 0.6 is 11.8 Å². The number of carbonyl (C=O) groups is 2. The number of carbonyl (C=O) groups excluding carboxylic acids is 2. The molecule has 0 spiro atoms. The Kier molecular flexibility index (Phi) is 5.77. The number of ketones is 1. The summed E-state index contributed by atoms with van der Waals surface area (Å²) in [6.45, 7) is 3.62. The van der Waals surface area contributed by atoms with Gasteiger partial charge in [0.15, 0.2) is 6.29 Å². The Balaban J connectivity index is 2.55. The van der Waals surface area contributed by atoms with Crippen molar-refractivity contribution in [2.45, 2.75) is 25.2 Å². The Hall–Kier alpha value is -1.29. The molecule has 0 aliphatic carbocycles. The molecule has 1 aromatic rings. The zero-order chi connectivity index (χ0) is 12.7. The van der Waals surface area contributed by atoms with E-state index in [1.807, 2.05) is 25.1 Å². The van der Waals surface area contributed by atoms with Crippen molar-refractivity contribution in [3.63, 3.8) is 0 Å². The summed E-state index contributed by atoms with van der Waals surface area (Å²) in [5.74, 6) is 1.73. The minimum Gasteiger partial charge on any atom is -0.486 e. The smallest absolute Gasteiger partial charge is 0.157 e. The second-order valence-corrected chi connectivity index (χ2v) is 4.87.